The van der Waals surface area contributed by atoms with Crippen LogP contribution in [0.1, 0.15) is 45.6 Å². The van der Waals surface area contributed by atoms with Gasteiger partial charge in [0, 0.05) is 17.5 Å². The topological polar surface area (TPSA) is 24.7 Å². The molecular formula is C23H32ClN2O2+. The van der Waals surface area contributed by atoms with Gasteiger partial charge >= 0.3 is 0 Å². The van der Waals surface area contributed by atoms with Crippen LogP contribution in [-0.2, 0) is 9.57 Å². The number of morpholine rings is 1. The van der Waals surface area contributed by atoms with Crippen LogP contribution in [-0.4, -0.2) is 48.5 Å². The van der Waals surface area contributed by atoms with E-state index in [1.807, 2.05) is 29.1 Å². The van der Waals surface area contributed by atoms with E-state index in [9.17, 15) is 0 Å². The number of hydrazone groups is 1. The zero-order chi connectivity index (χ0) is 20.1. The molecule has 0 bridgehead atoms. The molecule has 1 saturated heterocycles. The van der Waals surface area contributed by atoms with Gasteiger partial charge in [-0.05, 0) is 47.1 Å². The number of rotatable bonds is 6. The molecule has 1 aliphatic heterocycles. The molecule has 1 aliphatic carbocycles. The van der Waals surface area contributed by atoms with Crippen molar-refractivity contribution in [1.29, 1.82) is 0 Å². The van der Waals surface area contributed by atoms with Gasteiger partial charge < -0.3 is 4.74 Å². The summed E-state index contributed by atoms with van der Waals surface area (Å²) in [6.45, 7) is 15.0. The largest absolute Gasteiger partial charge is 0.377 e. The van der Waals surface area contributed by atoms with E-state index in [4.69, 9.17) is 21.2 Å². The molecular weight excluding hydrogens is 372 g/mol. The summed E-state index contributed by atoms with van der Waals surface area (Å²) in [5.41, 5.74) is 4.75. The Labute approximate surface area is 174 Å². The summed E-state index contributed by atoms with van der Waals surface area (Å²) >= 11 is 6.06. The number of hydrogen-bond donors (Lipinski definition) is 0. The van der Waals surface area contributed by atoms with Gasteiger partial charge in [-0.25, -0.2) is 4.84 Å². The fourth-order valence-corrected chi connectivity index (χ4v) is 3.91. The van der Waals surface area contributed by atoms with Crippen LogP contribution in [0.5, 0.6) is 0 Å². The van der Waals surface area contributed by atoms with Crippen LogP contribution in [0.15, 0.2) is 42.5 Å². The fraction of sp³-hybridized carbons (Fsp3) is 0.522. The Bertz CT molecular complexity index is 759. The standard InChI is InChI=1S/C23H32ClN2O2/c1-5-12-28-26(25-10-13-27-14-11-25)22-15-20(16-23(3,4)17-22)18(2)19-6-8-21(24)9-7-19/h6-9,15H,2,5,10-14,16-17H2,1,3-4H3/q+1/b26-22-. The highest BCUT2D eigenvalue weighted by Crippen LogP contribution is 2.39. The normalized spacial score (nSPS) is 21.1. The van der Waals surface area contributed by atoms with E-state index in [-0.39, 0.29) is 5.41 Å². The summed E-state index contributed by atoms with van der Waals surface area (Å²) in [7, 11) is 0. The number of hydrogen-bond acceptors (Lipinski definition) is 3. The second kappa shape index (κ2) is 9.15. The maximum atomic E-state index is 6.19. The summed E-state index contributed by atoms with van der Waals surface area (Å²) < 4.78 is 5.54. The summed E-state index contributed by atoms with van der Waals surface area (Å²) in [5, 5.41) is 3.00. The van der Waals surface area contributed by atoms with Crippen molar-refractivity contribution in [3.8, 4) is 0 Å². The van der Waals surface area contributed by atoms with Gasteiger partial charge in [-0.2, -0.15) is 0 Å². The van der Waals surface area contributed by atoms with Crippen LogP contribution in [0.25, 0.3) is 5.57 Å². The van der Waals surface area contributed by atoms with Crippen molar-refractivity contribution in [2.75, 3.05) is 32.9 Å². The second-order valence-corrected chi connectivity index (χ2v) is 8.77. The number of nitrogens with zero attached hydrogens (tertiary/aromatic N) is 2. The van der Waals surface area contributed by atoms with E-state index >= 15 is 0 Å². The van der Waals surface area contributed by atoms with Gasteiger partial charge in [0.25, 0.3) is 5.71 Å². The number of hydrazine groups is 1. The third kappa shape index (κ3) is 5.18. The van der Waals surface area contributed by atoms with Crippen molar-refractivity contribution in [1.82, 2.24) is 5.01 Å². The SMILES string of the molecule is C=C(C1=C/C(=[N+](/OCCC)N2CCOCC2)CC(C)(C)C1)c1ccc(Cl)cc1. The molecule has 5 heteroatoms. The average molecular weight is 404 g/mol. The quantitative estimate of drug-likeness (QED) is 0.485. The maximum Gasteiger partial charge on any atom is 0.264 e. The lowest BCUT2D eigenvalue weighted by atomic mass is 9.74. The Morgan fingerprint density at radius 3 is 2.54 bits per heavy atom. The molecule has 1 aromatic rings. The first-order valence-electron chi connectivity index (χ1n) is 10.2. The van der Waals surface area contributed by atoms with Gasteiger partial charge in [-0.3, -0.25) is 0 Å². The third-order valence-corrected chi connectivity index (χ3v) is 5.41. The van der Waals surface area contributed by atoms with Crippen molar-refractivity contribution in [3.05, 3.63) is 53.1 Å². The molecule has 3 rings (SSSR count). The van der Waals surface area contributed by atoms with Gasteiger partial charge in [-0.1, -0.05) is 51.1 Å². The average Bonchev–Trinajstić information content (AvgIpc) is 2.68. The van der Waals surface area contributed by atoms with Gasteiger partial charge in [0.15, 0.2) is 6.61 Å². The number of benzene rings is 1. The smallest absolute Gasteiger partial charge is 0.264 e. The van der Waals surface area contributed by atoms with Gasteiger partial charge in [0.2, 0.25) is 0 Å². The highest BCUT2D eigenvalue weighted by atomic mass is 35.5. The molecule has 2 aliphatic rings. The Morgan fingerprint density at radius 2 is 1.89 bits per heavy atom. The first-order chi connectivity index (χ1) is 13.4. The van der Waals surface area contributed by atoms with Crippen molar-refractivity contribution in [2.45, 2.75) is 40.0 Å². The van der Waals surface area contributed by atoms with Crippen LogP contribution in [0, 0.1) is 5.41 Å². The van der Waals surface area contributed by atoms with Crippen molar-refractivity contribution in [2.24, 2.45) is 5.41 Å². The molecule has 0 unspecified atom stereocenters. The predicted molar refractivity (Wildman–Crippen MR) is 115 cm³/mol. The second-order valence-electron chi connectivity index (χ2n) is 8.34. The van der Waals surface area contributed by atoms with E-state index < -0.39 is 0 Å². The van der Waals surface area contributed by atoms with E-state index in [0.717, 1.165) is 61.7 Å². The van der Waals surface area contributed by atoms with Gasteiger partial charge in [0.1, 0.15) is 13.1 Å². The van der Waals surface area contributed by atoms with E-state index in [0.29, 0.717) is 6.61 Å². The number of allylic oxidation sites excluding steroid dienone is 3. The molecule has 0 radical (unpaired) electrons. The highest BCUT2D eigenvalue weighted by molar-refractivity contribution is 6.30. The molecule has 1 aromatic carbocycles. The summed E-state index contributed by atoms with van der Waals surface area (Å²) in [6.07, 6.45) is 5.20. The minimum Gasteiger partial charge on any atom is -0.377 e. The van der Waals surface area contributed by atoms with Gasteiger partial charge in [-0.15, -0.1) is 5.01 Å². The lowest BCUT2D eigenvalue weighted by Gasteiger charge is -2.31. The van der Waals surface area contributed by atoms with E-state index in [1.165, 1.54) is 11.3 Å². The zero-order valence-corrected chi connectivity index (χ0v) is 18.1. The summed E-state index contributed by atoms with van der Waals surface area (Å²) in [5.74, 6) is 0. The molecule has 0 atom stereocenters. The highest BCUT2D eigenvalue weighted by Gasteiger charge is 2.36. The molecule has 1 fully saturated rings. The summed E-state index contributed by atoms with van der Waals surface area (Å²) in [4.78, 5) is 8.22. The molecule has 0 aromatic heterocycles. The van der Waals surface area contributed by atoms with Crippen LogP contribution < -0.4 is 0 Å². The lowest BCUT2D eigenvalue weighted by Crippen LogP contribution is -2.47. The predicted octanol–water partition coefficient (Wildman–Crippen LogP) is 5.14. The van der Waals surface area contributed by atoms with Crippen molar-refractivity contribution in [3.63, 3.8) is 0 Å². The van der Waals surface area contributed by atoms with Crippen molar-refractivity contribution >= 4 is 22.9 Å². The minimum atomic E-state index is 0.134. The minimum absolute atomic E-state index is 0.134. The molecule has 28 heavy (non-hydrogen) atoms. The third-order valence-electron chi connectivity index (χ3n) is 5.16. The van der Waals surface area contributed by atoms with Crippen molar-refractivity contribution < 1.29 is 14.4 Å². The molecule has 4 nitrogen and oxygen atoms in total. The monoisotopic (exact) mass is 403 g/mol. The number of halogens is 1. The van der Waals surface area contributed by atoms with Crippen LogP contribution in [0.3, 0.4) is 0 Å². The molecule has 152 valence electrons. The van der Waals surface area contributed by atoms with E-state index in [2.05, 4.69) is 38.4 Å². The maximum absolute atomic E-state index is 6.19. The first kappa shape index (κ1) is 20.9. The Morgan fingerprint density at radius 1 is 1.21 bits per heavy atom. The van der Waals surface area contributed by atoms with Crippen LogP contribution in [0.2, 0.25) is 5.02 Å². The van der Waals surface area contributed by atoms with Gasteiger partial charge in [0.05, 0.1) is 18.1 Å². The Kier molecular flexibility index (Phi) is 6.84. The molecule has 0 saturated carbocycles. The molecule has 1 heterocycles. The van der Waals surface area contributed by atoms with E-state index in [1.54, 1.807) is 0 Å². The molecule has 0 spiro atoms. The van der Waals surface area contributed by atoms with Crippen LogP contribution >= 0.6 is 11.6 Å². The fourth-order valence-electron chi connectivity index (χ4n) is 3.78. The molecule has 0 N–H and O–H groups in total. The summed E-state index contributed by atoms with van der Waals surface area (Å²) in [6, 6.07) is 7.93. The molecule has 0 amide bonds. The first-order valence-corrected chi connectivity index (χ1v) is 10.5. The van der Waals surface area contributed by atoms with Crippen LogP contribution in [0.4, 0.5) is 0 Å². The lowest BCUT2D eigenvalue weighted by molar-refractivity contribution is -0.897. The zero-order valence-electron chi connectivity index (χ0n) is 17.3. The number of ether oxygens (including phenoxy) is 1. The Balaban J connectivity index is 1.98. The Hall–Kier alpha value is -1.78.